The lowest BCUT2D eigenvalue weighted by atomic mass is 10.2. The van der Waals surface area contributed by atoms with Crippen molar-refractivity contribution in [3.05, 3.63) is 51.5 Å². The number of hydrogen-bond donors (Lipinski definition) is 1. The lowest BCUT2D eigenvalue weighted by Gasteiger charge is -2.09. The van der Waals surface area contributed by atoms with Crippen LogP contribution in [-0.4, -0.2) is 9.55 Å². The van der Waals surface area contributed by atoms with Gasteiger partial charge >= 0.3 is 0 Å². The minimum absolute atomic E-state index is 0.0498. The number of benzene rings is 2. The van der Waals surface area contributed by atoms with Gasteiger partial charge in [0, 0.05) is 10.5 Å². The number of nitrogens with two attached hydrogens (primary N) is 1. The lowest BCUT2D eigenvalue weighted by Crippen LogP contribution is -2.02. The minimum Gasteiger partial charge on any atom is -0.369 e. The normalized spacial score (nSPS) is 11.2. The van der Waals surface area contributed by atoms with E-state index < -0.39 is 11.6 Å². The van der Waals surface area contributed by atoms with Crippen molar-refractivity contribution in [1.29, 1.82) is 0 Å². The summed E-state index contributed by atoms with van der Waals surface area (Å²) in [5.74, 6) is -0.882. The zero-order valence-electron chi connectivity index (χ0n) is 9.87. The van der Waals surface area contributed by atoms with Gasteiger partial charge in [0.2, 0.25) is 5.95 Å². The van der Waals surface area contributed by atoms with Gasteiger partial charge in [0.05, 0.1) is 21.7 Å². The van der Waals surface area contributed by atoms with Crippen molar-refractivity contribution in [3.63, 3.8) is 0 Å². The van der Waals surface area contributed by atoms with E-state index in [1.807, 2.05) is 0 Å². The SMILES string of the molecule is Nc1nc2cc(F)c(Cl)cc2n1-c1cc(F)ccc1Br. The molecule has 0 aliphatic carbocycles. The maximum atomic E-state index is 13.4. The summed E-state index contributed by atoms with van der Waals surface area (Å²) >= 11 is 9.11. The fourth-order valence-corrected chi connectivity index (χ4v) is 2.58. The second kappa shape index (κ2) is 4.71. The molecule has 3 aromatic rings. The number of aromatic nitrogens is 2. The summed E-state index contributed by atoms with van der Waals surface area (Å²) < 4.78 is 29.0. The third-order valence-corrected chi connectivity index (χ3v) is 3.83. The largest absolute Gasteiger partial charge is 0.369 e. The summed E-state index contributed by atoms with van der Waals surface area (Å²) in [4.78, 5) is 4.06. The van der Waals surface area contributed by atoms with Crippen LogP contribution in [0.15, 0.2) is 34.8 Å². The number of fused-ring (bicyclic) bond motifs is 1. The van der Waals surface area contributed by atoms with Crippen LogP contribution >= 0.6 is 27.5 Å². The van der Waals surface area contributed by atoms with E-state index in [4.69, 9.17) is 17.3 Å². The fraction of sp³-hybridized carbons (Fsp3) is 0. The van der Waals surface area contributed by atoms with Crippen molar-refractivity contribution < 1.29 is 8.78 Å². The molecule has 7 heteroatoms. The predicted octanol–water partition coefficient (Wildman–Crippen LogP) is 4.30. The molecular weight excluding hydrogens is 352 g/mol. The van der Waals surface area contributed by atoms with Gasteiger partial charge in [0.1, 0.15) is 11.6 Å². The third kappa shape index (κ3) is 2.05. The van der Waals surface area contributed by atoms with Gasteiger partial charge in [-0.1, -0.05) is 11.6 Å². The molecule has 3 nitrogen and oxygen atoms in total. The van der Waals surface area contributed by atoms with Crippen LogP contribution in [0.5, 0.6) is 0 Å². The van der Waals surface area contributed by atoms with Gasteiger partial charge in [-0.25, -0.2) is 13.8 Å². The van der Waals surface area contributed by atoms with Crippen LogP contribution in [0, 0.1) is 11.6 Å². The Morgan fingerprint density at radius 1 is 1.20 bits per heavy atom. The molecule has 1 heterocycles. The highest BCUT2D eigenvalue weighted by molar-refractivity contribution is 9.10. The zero-order chi connectivity index (χ0) is 14.4. The predicted molar refractivity (Wildman–Crippen MR) is 78.1 cm³/mol. The Hall–Kier alpha value is -1.66. The van der Waals surface area contributed by atoms with Crippen molar-refractivity contribution >= 4 is 44.5 Å². The standard InChI is InChI=1S/C13H7BrClF2N3/c14-7-2-1-6(16)3-11(7)20-12-4-8(15)9(17)5-10(12)19-13(20)18/h1-5H,(H2,18,19). The first-order valence-electron chi connectivity index (χ1n) is 5.56. The number of anilines is 1. The fourth-order valence-electron chi connectivity index (χ4n) is 2.00. The van der Waals surface area contributed by atoms with Crippen molar-refractivity contribution in [2.45, 2.75) is 0 Å². The Labute approximate surface area is 126 Å². The summed E-state index contributed by atoms with van der Waals surface area (Å²) in [7, 11) is 0. The molecule has 0 saturated heterocycles. The Kier molecular flexibility index (Phi) is 3.14. The molecule has 0 unspecified atom stereocenters. The summed E-state index contributed by atoms with van der Waals surface area (Å²) in [5, 5.41) is -0.0498. The number of imidazole rings is 1. The van der Waals surface area contributed by atoms with E-state index in [0.29, 0.717) is 21.2 Å². The van der Waals surface area contributed by atoms with Crippen molar-refractivity contribution in [2.24, 2.45) is 0 Å². The molecule has 20 heavy (non-hydrogen) atoms. The molecule has 0 radical (unpaired) electrons. The van der Waals surface area contributed by atoms with E-state index in [-0.39, 0.29) is 11.0 Å². The average Bonchev–Trinajstić information content (AvgIpc) is 2.69. The van der Waals surface area contributed by atoms with E-state index in [0.717, 1.165) is 0 Å². The average molecular weight is 359 g/mol. The van der Waals surface area contributed by atoms with E-state index >= 15 is 0 Å². The monoisotopic (exact) mass is 357 g/mol. The molecule has 0 amide bonds. The zero-order valence-corrected chi connectivity index (χ0v) is 12.2. The molecule has 0 spiro atoms. The van der Waals surface area contributed by atoms with Crippen LogP contribution in [0.3, 0.4) is 0 Å². The van der Waals surface area contributed by atoms with Gasteiger partial charge in [0.25, 0.3) is 0 Å². The van der Waals surface area contributed by atoms with E-state index in [9.17, 15) is 8.78 Å². The van der Waals surface area contributed by atoms with E-state index in [1.165, 1.54) is 28.8 Å². The smallest absolute Gasteiger partial charge is 0.205 e. The Morgan fingerprint density at radius 2 is 1.95 bits per heavy atom. The Balaban J connectivity index is 2.38. The molecule has 2 N–H and O–H groups in total. The lowest BCUT2D eigenvalue weighted by molar-refractivity contribution is 0.626. The summed E-state index contributed by atoms with van der Waals surface area (Å²) in [5.41, 5.74) is 7.16. The van der Waals surface area contributed by atoms with Gasteiger partial charge in [-0.15, -0.1) is 0 Å². The van der Waals surface area contributed by atoms with Gasteiger partial charge < -0.3 is 5.73 Å². The first-order valence-corrected chi connectivity index (χ1v) is 6.73. The topological polar surface area (TPSA) is 43.8 Å². The molecule has 1 aromatic heterocycles. The number of rotatable bonds is 1. The molecule has 3 rings (SSSR count). The molecule has 0 aliphatic rings. The maximum Gasteiger partial charge on any atom is 0.205 e. The van der Waals surface area contributed by atoms with E-state index in [1.54, 1.807) is 6.07 Å². The van der Waals surface area contributed by atoms with Crippen molar-refractivity contribution in [1.82, 2.24) is 9.55 Å². The van der Waals surface area contributed by atoms with Crippen LogP contribution in [0.1, 0.15) is 0 Å². The minimum atomic E-state index is -0.581. The number of halogens is 4. The molecule has 0 aliphatic heterocycles. The molecule has 0 fully saturated rings. The first-order chi connectivity index (χ1) is 9.47. The Bertz CT molecular complexity index is 832. The third-order valence-electron chi connectivity index (χ3n) is 2.87. The summed E-state index contributed by atoms with van der Waals surface area (Å²) in [6.45, 7) is 0. The maximum absolute atomic E-state index is 13.4. The first kappa shape index (κ1) is 13.3. The summed E-state index contributed by atoms with van der Waals surface area (Å²) in [6, 6.07) is 6.78. The molecule has 102 valence electrons. The second-order valence-electron chi connectivity index (χ2n) is 4.16. The highest BCUT2D eigenvalue weighted by atomic mass is 79.9. The molecule has 0 bridgehead atoms. The van der Waals surface area contributed by atoms with Gasteiger partial charge in [0.15, 0.2) is 0 Å². The molecule has 2 aromatic carbocycles. The second-order valence-corrected chi connectivity index (χ2v) is 5.42. The quantitative estimate of drug-likeness (QED) is 0.705. The van der Waals surface area contributed by atoms with Crippen LogP contribution in [0.25, 0.3) is 16.7 Å². The highest BCUT2D eigenvalue weighted by Gasteiger charge is 2.15. The van der Waals surface area contributed by atoms with Crippen molar-refractivity contribution in [2.75, 3.05) is 5.73 Å². The molecular formula is C13H7BrClF2N3. The number of nitrogens with zero attached hydrogens (tertiary/aromatic N) is 2. The van der Waals surface area contributed by atoms with Gasteiger partial charge in [-0.05, 0) is 40.2 Å². The van der Waals surface area contributed by atoms with Crippen LogP contribution in [0.4, 0.5) is 14.7 Å². The van der Waals surface area contributed by atoms with Gasteiger partial charge in [-0.3, -0.25) is 4.57 Å². The molecule has 0 atom stereocenters. The molecule has 0 saturated carbocycles. The van der Waals surface area contributed by atoms with Crippen molar-refractivity contribution in [3.8, 4) is 5.69 Å². The van der Waals surface area contributed by atoms with E-state index in [2.05, 4.69) is 20.9 Å². The van der Waals surface area contributed by atoms with Crippen LogP contribution < -0.4 is 5.73 Å². The van der Waals surface area contributed by atoms with Crippen LogP contribution in [0.2, 0.25) is 5.02 Å². The number of hydrogen-bond acceptors (Lipinski definition) is 2. The number of nitrogen functional groups attached to an aromatic ring is 1. The van der Waals surface area contributed by atoms with Crippen LogP contribution in [-0.2, 0) is 0 Å². The van der Waals surface area contributed by atoms with Gasteiger partial charge in [-0.2, -0.15) is 0 Å². The summed E-state index contributed by atoms with van der Waals surface area (Å²) in [6.07, 6.45) is 0. The Morgan fingerprint density at radius 3 is 2.70 bits per heavy atom. The highest BCUT2D eigenvalue weighted by Crippen LogP contribution is 2.31.